The Bertz CT molecular complexity index is 622. The monoisotopic (exact) mass is 286 g/mol. The highest BCUT2D eigenvalue weighted by Crippen LogP contribution is 2.26. The van der Waals surface area contributed by atoms with Crippen molar-refractivity contribution >= 4 is 0 Å². The predicted molar refractivity (Wildman–Crippen MR) is 84.7 cm³/mol. The van der Waals surface area contributed by atoms with E-state index in [0.29, 0.717) is 13.2 Å². The van der Waals surface area contributed by atoms with E-state index < -0.39 is 0 Å². The molecule has 0 saturated heterocycles. The van der Waals surface area contributed by atoms with E-state index in [1.165, 1.54) is 0 Å². The number of nitrogens with zero attached hydrogens (tertiary/aromatic N) is 1. The SMILES string of the molecule is CCNC(Cn1ccccc1=O)c1ccccc1OCC. The van der Waals surface area contributed by atoms with Crippen molar-refractivity contribution in [3.8, 4) is 5.75 Å². The Balaban J connectivity index is 2.31. The van der Waals surface area contributed by atoms with E-state index in [2.05, 4.69) is 12.2 Å². The minimum absolute atomic E-state index is 0.00861. The number of benzene rings is 1. The van der Waals surface area contributed by atoms with Crippen molar-refractivity contribution in [2.45, 2.75) is 26.4 Å². The first-order valence-electron chi connectivity index (χ1n) is 7.36. The molecular formula is C17H22N2O2. The fourth-order valence-corrected chi connectivity index (χ4v) is 2.38. The highest BCUT2D eigenvalue weighted by atomic mass is 16.5. The summed E-state index contributed by atoms with van der Waals surface area (Å²) in [5.74, 6) is 0.870. The molecule has 0 aliphatic heterocycles. The maximum Gasteiger partial charge on any atom is 0.250 e. The number of aromatic nitrogens is 1. The van der Waals surface area contributed by atoms with Crippen LogP contribution in [0.15, 0.2) is 53.5 Å². The zero-order valence-corrected chi connectivity index (χ0v) is 12.6. The van der Waals surface area contributed by atoms with Crippen molar-refractivity contribution in [2.24, 2.45) is 0 Å². The van der Waals surface area contributed by atoms with E-state index in [-0.39, 0.29) is 11.6 Å². The number of likely N-dealkylation sites (N-methyl/N-ethyl adjacent to an activating group) is 1. The largest absolute Gasteiger partial charge is 0.494 e. The lowest BCUT2D eigenvalue weighted by atomic mass is 10.1. The highest BCUT2D eigenvalue weighted by Gasteiger charge is 2.16. The van der Waals surface area contributed by atoms with Gasteiger partial charge in [0.25, 0.3) is 5.56 Å². The number of hydrogen-bond donors (Lipinski definition) is 1. The highest BCUT2D eigenvalue weighted by molar-refractivity contribution is 5.36. The van der Waals surface area contributed by atoms with Gasteiger partial charge in [-0.25, -0.2) is 0 Å². The summed E-state index contributed by atoms with van der Waals surface area (Å²) in [4.78, 5) is 11.9. The minimum atomic E-state index is 0.00861. The molecule has 1 atom stereocenters. The predicted octanol–water partition coefficient (Wildman–Crippen LogP) is 2.60. The molecule has 0 aliphatic carbocycles. The topological polar surface area (TPSA) is 43.3 Å². The van der Waals surface area contributed by atoms with E-state index in [9.17, 15) is 4.79 Å². The van der Waals surface area contributed by atoms with Crippen molar-refractivity contribution in [3.63, 3.8) is 0 Å². The molecule has 0 saturated carbocycles. The molecule has 0 fully saturated rings. The fraction of sp³-hybridized carbons (Fsp3) is 0.353. The first kappa shape index (κ1) is 15.3. The van der Waals surface area contributed by atoms with Crippen molar-refractivity contribution in [1.29, 1.82) is 0 Å². The van der Waals surface area contributed by atoms with Crippen LogP contribution in [0.2, 0.25) is 0 Å². The summed E-state index contributed by atoms with van der Waals surface area (Å²) in [6.07, 6.45) is 1.82. The average molecular weight is 286 g/mol. The molecule has 0 radical (unpaired) electrons. The van der Waals surface area contributed by atoms with Gasteiger partial charge in [-0.2, -0.15) is 0 Å². The van der Waals surface area contributed by atoms with Gasteiger partial charge in [0, 0.05) is 24.4 Å². The summed E-state index contributed by atoms with van der Waals surface area (Å²) in [7, 11) is 0. The van der Waals surface area contributed by atoms with Crippen molar-refractivity contribution < 1.29 is 4.74 Å². The maximum absolute atomic E-state index is 11.9. The zero-order chi connectivity index (χ0) is 15.1. The van der Waals surface area contributed by atoms with Gasteiger partial charge in [0.1, 0.15) is 5.75 Å². The van der Waals surface area contributed by atoms with Crippen LogP contribution in [0.3, 0.4) is 0 Å². The van der Waals surface area contributed by atoms with Gasteiger partial charge < -0.3 is 14.6 Å². The van der Waals surface area contributed by atoms with Crippen LogP contribution in [0.25, 0.3) is 0 Å². The number of pyridine rings is 1. The van der Waals surface area contributed by atoms with Gasteiger partial charge in [-0.05, 0) is 25.6 Å². The van der Waals surface area contributed by atoms with Gasteiger partial charge >= 0.3 is 0 Å². The first-order chi connectivity index (χ1) is 10.3. The molecule has 1 N–H and O–H groups in total. The van der Waals surface area contributed by atoms with Gasteiger partial charge in [0.15, 0.2) is 0 Å². The fourth-order valence-electron chi connectivity index (χ4n) is 2.38. The lowest BCUT2D eigenvalue weighted by molar-refractivity contribution is 0.328. The number of ether oxygens (including phenoxy) is 1. The van der Waals surface area contributed by atoms with Gasteiger partial charge in [-0.15, -0.1) is 0 Å². The number of hydrogen-bond acceptors (Lipinski definition) is 3. The summed E-state index contributed by atoms with van der Waals surface area (Å²) in [6.45, 7) is 6.07. The summed E-state index contributed by atoms with van der Waals surface area (Å²) >= 11 is 0. The maximum atomic E-state index is 11.9. The molecule has 4 heteroatoms. The van der Waals surface area contributed by atoms with Gasteiger partial charge in [-0.3, -0.25) is 4.79 Å². The quantitative estimate of drug-likeness (QED) is 0.851. The average Bonchev–Trinajstić information content (AvgIpc) is 2.50. The molecule has 21 heavy (non-hydrogen) atoms. The molecule has 0 bridgehead atoms. The zero-order valence-electron chi connectivity index (χ0n) is 12.6. The van der Waals surface area contributed by atoms with Crippen LogP contribution in [-0.2, 0) is 6.54 Å². The lowest BCUT2D eigenvalue weighted by Crippen LogP contribution is -2.30. The molecular weight excluding hydrogens is 264 g/mol. The summed E-state index contributed by atoms with van der Waals surface area (Å²) in [6, 6.07) is 13.2. The third-order valence-corrected chi connectivity index (χ3v) is 3.32. The van der Waals surface area contributed by atoms with Crippen LogP contribution in [0.1, 0.15) is 25.5 Å². The van der Waals surface area contributed by atoms with E-state index in [0.717, 1.165) is 17.9 Å². The molecule has 0 aliphatic rings. The molecule has 0 amide bonds. The molecule has 2 aromatic rings. The Hall–Kier alpha value is -2.07. The molecule has 0 spiro atoms. The van der Waals surface area contributed by atoms with E-state index in [1.54, 1.807) is 16.7 Å². The number of nitrogens with one attached hydrogen (secondary N) is 1. The normalized spacial score (nSPS) is 12.1. The van der Waals surface area contributed by atoms with Gasteiger partial charge in [-0.1, -0.05) is 31.2 Å². The second kappa shape index (κ2) is 7.64. The van der Waals surface area contributed by atoms with Crippen LogP contribution in [-0.4, -0.2) is 17.7 Å². The Morgan fingerprint density at radius 1 is 1.14 bits per heavy atom. The molecule has 1 heterocycles. The van der Waals surface area contributed by atoms with Crippen LogP contribution < -0.4 is 15.6 Å². The standard InChI is InChI=1S/C17H22N2O2/c1-3-18-15(13-19-12-8-7-11-17(19)20)14-9-5-6-10-16(14)21-4-2/h5-12,15,18H,3-4,13H2,1-2H3. The Morgan fingerprint density at radius 3 is 2.62 bits per heavy atom. The van der Waals surface area contributed by atoms with Crippen LogP contribution in [0.4, 0.5) is 0 Å². The van der Waals surface area contributed by atoms with Crippen molar-refractivity contribution in [1.82, 2.24) is 9.88 Å². The third-order valence-electron chi connectivity index (χ3n) is 3.32. The van der Waals surface area contributed by atoms with Crippen LogP contribution in [0, 0.1) is 0 Å². The minimum Gasteiger partial charge on any atom is -0.494 e. The first-order valence-corrected chi connectivity index (χ1v) is 7.36. The smallest absolute Gasteiger partial charge is 0.250 e. The Morgan fingerprint density at radius 2 is 1.90 bits per heavy atom. The lowest BCUT2D eigenvalue weighted by Gasteiger charge is -2.22. The van der Waals surface area contributed by atoms with Crippen molar-refractivity contribution in [3.05, 3.63) is 64.6 Å². The van der Waals surface area contributed by atoms with Crippen LogP contribution >= 0.6 is 0 Å². The van der Waals surface area contributed by atoms with E-state index in [1.807, 2.05) is 43.5 Å². The number of para-hydroxylation sites is 1. The third kappa shape index (κ3) is 3.95. The molecule has 2 rings (SSSR count). The van der Waals surface area contributed by atoms with E-state index in [4.69, 9.17) is 4.74 Å². The molecule has 1 aromatic heterocycles. The number of rotatable bonds is 7. The summed E-state index contributed by atoms with van der Waals surface area (Å²) in [5.41, 5.74) is 1.09. The molecule has 4 nitrogen and oxygen atoms in total. The summed E-state index contributed by atoms with van der Waals surface area (Å²) < 4.78 is 7.42. The molecule has 1 unspecified atom stereocenters. The second-order valence-electron chi connectivity index (χ2n) is 4.77. The van der Waals surface area contributed by atoms with Gasteiger partial charge in [0.05, 0.1) is 12.6 Å². The van der Waals surface area contributed by atoms with Crippen molar-refractivity contribution in [2.75, 3.05) is 13.2 Å². The van der Waals surface area contributed by atoms with Crippen LogP contribution in [0.5, 0.6) is 5.75 Å². The Labute approximate surface area is 125 Å². The molecule has 112 valence electrons. The van der Waals surface area contributed by atoms with Gasteiger partial charge in [0.2, 0.25) is 0 Å². The molecule has 1 aromatic carbocycles. The Kier molecular flexibility index (Phi) is 5.58. The second-order valence-corrected chi connectivity index (χ2v) is 4.77. The summed E-state index contributed by atoms with van der Waals surface area (Å²) in [5, 5.41) is 3.43. The van der Waals surface area contributed by atoms with E-state index >= 15 is 0 Å².